The molecule has 3 rings (SSSR count). The Labute approximate surface area is 155 Å². The third kappa shape index (κ3) is 3.81. The second-order valence-electron chi connectivity index (χ2n) is 5.91. The van der Waals surface area contributed by atoms with Gasteiger partial charge in [-0.1, -0.05) is 18.2 Å². The molecule has 1 aromatic heterocycles. The lowest BCUT2D eigenvalue weighted by atomic mass is 10.1. The van der Waals surface area contributed by atoms with Gasteiger partial charge in [0.15, 0.2) is 11.6 Å². The van der Waals surface area contributed by atoms with Crippen molar-refractivity contribution in [3.8, 4) is 17.5 Å². The number of hydrogen-bond acceptors (Lipinski definition) is 4. The average molecular weight is 369 g/mol. The highest BCUT2D eigenvalue weighted by Crippen LogP contribution is 2.24. The van der Waals surface area contributed by atoms with E-state index in [1.165, 1.54) is 6.07 Å². The predicted molar refractivity (Wildman–Crippen MR) is 94.5 cm³/mol. The van der Waals surface area contributed by atoms with Crippen molar-refractivity contribution in [2.45, 2.75) is 20.0 Å². The highest BCUT2D eigenvalue weighted by molar-refractivity contribution is 5.44. The van der Waals surface area contributed by atoms with Gasteiger partial charge in [0.1, 0.15) is 29.7 Å². The first-order chi connectivity index (χ1) is 13.0. The van der Waals surface area contributed by atoms with Crippen LogP contribution in [0.2, 0.25) is 0 Å². The summed E-state index contributed by atoms with van der Waals surface area (Å²) in [5, 5.41) is 22.5. The van der Waals surface area contributed by atoms with Crippen LogP contribution < -0.4 is 4.74 Å². The van der Waals surface area contributed by atoms with Crippen LogP contribution in [-0.2, 0) is 13.0 Å². The third-order valence-electron chi connectivity index (χ3n) is 4.12. The van der Waals surface area contributed by atoms with Gasteiger partial charge in [-0.25, -0.2) is 13.5 Å². The zero-order valence-corrected chi connectivity index (χ0v) is 14.6. The van der Waals surface area contributed by atoms with E-state index in [2.05, 4.69) is 5.10 Å². The number of aryl methyl sites for hydroxylation is 1. The van der Waals surface area contributed by atoms with Crippen LogP contribution in [0.4, 0.5) is 8.78 Å². The van der Waals surface area contributed by atoms with E-state index < -0.39 is 11.6 Å². The Morgan fingerprint density at radius 1 is 1.15 bits per heavy atom. The van der Waals surface area contributed by atoms with Gasteiger partial charge < -0.3 is 9.84 Å². The van der Waals surface area contributed by atoms with E-state index in [0.29, 0.717) is 17.9 Å². The molecule has 1 heterocycles. The predicted octanol–water partition coefficient (Wildman–Crippen LogP) is 3.44. The molecule has 0 bridgehead atoms. The summed E-state index contributed by atoms with van der Waals surface area (Å²) >= 11 is 0. The second-order valence-corrected chi connectivity index (χ2v) is 5.91. The maximum atomic E-state index is 14.2. The summed E-state index contributed by atoms with van der Waals surface area (Å²) in [4.78, 5) is 0. The molecular formula is C20H17F2N3O2. The molecule has 138 valence electrons. The Hall–Kier alpha value is -3.24. The number of aliphatic hydroxyl groups excluding tert-OH is 1. The number of para-hydroxylation sites is 1. The smallest absolute Gasteiger partial charge is 0.151 e. The van der Waals surface area contributed by atoms with Crippen LogP contribution in [0.25, 0.3) is 5.69 Å². The molecule has 0 atom stereocenters. The quantitative estimate of drug-likeness (QED) is 0.723. The van der Waals surface area contributed by atoms with Gasteiger partial charge in [0.2, 0.25) is 0 Å². The van der Waals surface area contributed by atoms with Crippen molar-refractivity contribution in [3.05, 3.63) is 76.6 Å². The molecule has 0 amide bonds. The SMILES string of the molecule is Cc1nn(-c2c(F)cccc2F)c(COc2ccc(CCO)cc2)c1C#N. The van der Waals surface area contributed by atoms with Gasteiger partial charge in [-0.2, -0.15) is 10.4 Å². The summed E-state index contributed by atoms with van der Waals surface area (Å²) in [7, 11) is 0. The number of hydrogen-bond donors (Lipinski definition) is 1. The summed E-state index contributed by atoms with van der Waals surface area (Å²) < 4.78 is 35.2. The highest BCUT2D eigenvalue weighted by atomic mass is 19.1. The van der Waals surface area contributed by atoms with Gasteiger partial charge in [-0.3, -0.25) is 0 Å². The molecule has 0 spiro atoms. The molecule has 0 fully saturated rings. The summed E-state index contributed by atoms with van der Waals surface area (Å²) in [6, 6.07) is 12.6. The van der Waals surface area contributed by atoms with Crippen LogP contribution >= 0.6 is 0 Å². The van der Waals surface area contributed by atoms with Gasteiger partial charge in [0.25, 0.3) is 0 Å². The van der Waals surface area contributed by atoms with Gasteiger partial charge in [0, 0.05) is 6.61 Å². The van der Waals surface area contributed by atoms with E-state index in [1.807, 2.05) is 18.2 Å². The van der Waals surface area contributed by atoms with Crippen LogP contribution in [0.15, 0.2) is 42.5 Å². The van der Waals surface area contributed by atoms with E-state index >= 15 is 0 Å². The number of aliphatic hydroxyl groups is 1. The molecule has 1 N–H and O–H groups in total. The number of aromatic nitrogens is 2. The maximum Gasteiger partial charge on any atom is 0.151 e. The second kappa shape index (κ2) is 7.98. The molecule has 0 saturated heterocycles. The van der Waals surface area contributed by atoms with Gasteiger partial charge in [0.05, 0.1) is 11.4 Å². The minimum atomic E-state index is -0.781. The fourth-order valence-corrected chi connectivity index (χ4v) is 2.76. The maximum absolute atomic E-state index is 14.2. The van der Waals surface area contributed by atoms with Crippen LogP contribution in [0.5, 0.6) is 5.75 Å². The first-order valence-electron chi connectivity index (χ1n) is 8.30. The minimum Gasteiger partial charge on any atom is -0.487 e. The Bertz CT molecular complexity index is 971. The van der Waals surface area contributed by atoms with Crippen molar-refractivity contribution in [2.24, 2.45) is 0 Å². The van der Waals surface area contributed by atoms with E-state index in [1.54, 1.807) is 19.1 Å². The molecule has 3 aromatic rings. The molecule has 0 radical (unpaired) electrons. The topological polar surface area (TPSA) is 71.1 Å². The summed E-state index contributed by atoms with van der Waals surface area (Å²) in [5.74, 6) is -1.03. The van der Waals surface area contributed by atoms with Gasteiger partial charge in [-0.05, 0) is 43.2 Å². The van der Waals surface area contributed by atoms with E-state index in [0.717, 1.165) is 22.4 Å². The van der Waals surface area contributed by atoms with Crippen molar-refractivity contribution in [1.82, 2.24) is 9.78 Å². The number of nitrogens with zero attached hydrogens (tertiary/aromatic N) is 3. The highest BCUT2D eigenvalue weighted by Gasteiger charge is 2.21. The Kier molecular flexibility index (Phi) is 5.48. The normalized spacial score (nSPS) is 10.6. The van der Waals surface area contributed by atoms with Crippen LogP contribution in [0.1, 0.15) is 22.5 Å². The van der Waals surface area contributed by atoms with E-state index in [4.69, 9.17) is 9.84 Å². The molecule has 0 saturated carbocycles. The van der Waals surface area contributed by atoms with Crippen molar-refractivity contribution >= 4 is 0 Å². The van der Waals surface area contributed by atoms with E-state index in [-0.39, 0.29) is 30.2 Å². The Morgan fingerprint density at radius 2 is 1.81 bits per heavy atom. The first kappa shape index (κ1) is 18.5. The average Bonchev–Trinajstić information content (AvgIpc) is 2.96. The summed E-state index contributed by atoms with van der Waals surface area (Å²) in [6.07, 6.45) is 0.539. The van der Waals surface area contributed by atoms with Crippen LogP contribution in [0, 0.1) is 29.9 Å². The summed E-state index contributed by atoms with van der Waals surface area (Å²) in [6.45, 7) is 1.57. The molecule has 0 aliphatic heterocycles. The monoisotopic (exact) mass is 369 g/mol. The zero-order chi connectivity index (χ0) is 19.4. The summed E-state index contributed by atoms with van der Waals surface area (Å²) in [5.41, 5.74) is 1.45. The lowest BCUT2D eigenvalue weighted by molar-refractivity contribution is 0.294. The fourth-order valence-electron chi connectivity index (χ4n) is 2.76. The zero-order valence-electron chi connectivity index (χ0n) is 14.6. The Morgan fingerprint density at radius 3 is 2.41 bits per heavy atom. The molecular weight excluding hydrogens is 352 g/mol. The van der Waals surface area contributed by atoms with Gasteiger partial charge >= 0.3 is 0 Å². The third-order valence-corrected chi connectivity index (χ3v) is 4.12. The number of ether oxygens (including phenoxy) is 1. The molecule has 0 aliphatic carbocycles. The van der Waals surface area contributed by atoms with Crippen LogP contribution in [-0.4, -0.2) is 21.5 Å². The number of halogens is 2. The molecule has 5 nitrogen and oxygen atoms in total. The van der Waals surface area contributed by atoms with Crippen molar-refractivity contribution in [3.63, 3.8) is 0 Å². The van der Waals surface area contributed by atoms with Crippen LogP contribution in [0.3, 0.4) is 0 Å². The van der Waals surface area contributed by atoms with E-state index in [9.17, 15) is 14.0 Å². The lowest BCUT2D eigenvalue weighted by Gasteiger charge is -2.11. The molecule has 0 unspecified atom stereocenters. The molecule has 2 aromatic carbocycles. The van der Waals surface area contributed by atoms with Gasteiger partial charge in [-0.15, -0.1) is 0 Å². The Balaban J connectivity index is 1.94. The number of nitriles is 1. The standard InChI is InChI=1S/C20H17F2N3O2/c1-13-16(11-23)19(12-27-15-7-5-14(6-8-15)9-10-26)25(24-13)20-17(21)3-2-4-18(20)22/h2-8,26H,9-10,12H2,1H3. The number of benzene rings is 2. The molecule has 0 aliphatic rings. The lowest BCUT2D eigenvalue weighted by Crippen LogP contribution is -2.10. The minimum absolute atomic E-state index is 0.0540. The van der Waals surface area contributed by atoms with Crippen molar-refractivity contribution < 1.29 is 18.6 Å². The molecule has 7 heteroatoms. The molecule has 27 heavy (non-hydrogen) atoms. The largest absolute Gasteiger partial charge is 0.487 e. The first-order valence-corrected chi connectivity index (χ1v) is 8.30. The number of rotatable bonds is 6. The fraction of sp³-hybridized carbons (Fsp3) is 0.200. The van der Waals surface area contributed by atoms with Crippen molar-refractivity contribution in [2.75, 3.05) is 6.61 Å². The van der Waals surface area contributed by atoms with Crippen molar-refractivity contribution in [1.29, 1.82) is 5.26 Å².